The molecule has 0 amide bonds. The van der Waals surface area contributed by atoms with Crippen LogP contribution in [0.25, 0.3) is 0 Å². The Labute approximate surface area is 98.4 Å². The van der Waals surface area contributed by atoms with Crippen molar-refractivity contribution in [3.05, 3.63) is 5.69 Å². The second kappa shape index (κ2) is 5.77. The standard InChI is InChI=1S/C12H24N4/c1-5-8-16(9-6-2)12-11(13)10(7-3)14-15(12)4/h5-9,13H2,1-4H3. The van der Waals surface area contributed by atoms with E-state index < -0.39 is 0 Å². The number of hydrogen-bond acceptors (Lipinski definition) is 3. The van der Waals surface area contributed by atoms with Gasteiger partial charge in [0.1, 0.15) is 5.82 Å². The van der Waals surface area contributed by atoms with E-state index in [2.05, 4.69) is 30.8 Å². The minimum atomic E-state index is 0.854. The third-order valence-corrected chi connectivity index (χ3v) is 2.75. The Morgan fingerprint density at radius 3 is 2.12 bits per heavy atom. The Balaban J connectivity index is 3.02. The topological polar surface area (TPSA) is 47.1 Å². The van der Waals surface area contributed by atoms with Crippen LogP contribution in [0.1, 0.15) is 39.3 Å². The molecule has 4 nitrogen and oxygen atoms in total. The second-order valence-electron chi connectivity index (χ2n) is 4.15. The molecule has 0 aliphatic rings. The number of anilines is 2. The van der Waals surface area contributed by atoms with Crippen LogP contribution in [0.3, 0.4) is 0 Å². The number of nitrogens with zero attached hydrogens (tertiary/aromatic N) is 3. The fourth-order valence-corrected chi connectivity index (χ4v) is 2.09. The minimum Gasteiger partial charge on any atom is -0.394 e. The predicted molar refractivity (Wildman–Crippen MR) is 69.8 cm³/mol. The van der Waals surface area contributed by atoms with Crippen molar-refractivity contribution in [1.29, 1.82) is 0 Å². The van der Waals surface area contributed by atoms with Gasteiger partial charge in [0.15, 0.2) is 0 Å². The van der Waals surface area contributed by atoms with Crippen molar-refractivity contribution >= 4 is 11.5 Å². The Bertz CT molecular complexity index is 324. The molecule has 0 bridgehead atoms. The lowest BCUT2D eigenvalue weighted by molar-refractivity contribution is 0.676. The van der Waals surface area contributed by atoms with Crippen molar-refractivity contribution in [1.82, 2.24) is 9.78 Å². The highest BCUT2D eigenvalue weighted by Gasteiger charge is 2.17. The molecule has 0 aliphatic carbocycles. The number of aromatic nitrogens is 2. The van der Waals surface area contributed by atoms with Crippen molar-refractivity contribution in [2.24, 2.45) is 7.05 Å². The SMILES string of the molecule is CCCN(CCC)c1c(N)c(CC)nn1C. The normalized spacial score (nSPS) is 10.8. The van der Waals surface area contributed by atoms with E-state index in [4.69, 9.17) is 5.73 Å². The van der Waals surface area contributed by atoms with Crippen molar-refractivity contribution < 1.29 is 0 Å². The number of nitrogens with two attached hydrogens (primary N) is 1. The molecule has 1 rings (SSSR count). The van der Waals surface area contributed by atoms with E-state index in [0.29, 0.717) is 0 Å². The van der Waals surface area contributed by atoms with Crippen LogP contribution in [-0.2, 0) is 13.5 Å². The first-order chi connectivity index (χ1) is 7.65. The molecular formula is C12H24N4. The lowest BCUT2D eigenvalue weighted by atomic mass is 10.2. The number of rotatable bonds is 6. The van der Waals surface area contributed by atoms with E-state index in [-0.39, 0.29) is 0 Å². The van der Waals surface area contributed by atoms with Crippen molar-refractivity contribution in [3.63, 3.8) is 0 Å². The molecule has 0 fully saturated rings. The zero-order valence-electron chi connectivity index (χ0n) is 11.0. The van der Waals surface area contributed by atoms with E-state index in [9.17, 15) is 0 Å². The summed E-state index contributed by atoms with van der Waals surface area (Å²) in [6, 6.07) is 0. The van der Waals surface area contributed by atoms with E-state index in [1.165, 1.54) is 0 Å². The maximum atomic E-state index is 6.15. The summed E-state index contributed by atoms with van der Waals surface area (Å²) in [6.07, 6.45) is 3.16. The molecule has 2 N–H and O–H groups in total. The van der Waals surface area contributed by atoms with E-state index in [1.54, 1.807) is 0 Å². The van der Waals surface area contributed by atoms with Crippen molar-refractivity contribution in [2.75, 3.05) is 23.7 Å². The zero-order valence-corrected chi connectivity index (χ0v) is 11.0. The fraction of sp³-hybridized carbons (Fsp3) is 0.750. The molecule has 92 valence electrons. The van der Waals surface area contributed by atoms with E-state index >= 15 is 0 Å². The zero-order chi connectivity index (χ0) is 12.1. The van der Waals surface area contributed by atoms with Gasteiger partial charge in [-0.1, -0.05) is 20.8 Å². The first-order valence-electron chi connectivity index (χ1n) is 6.21. The average molecular weight is 224 g/mol. The summed E-state index contributed by atoms with van der Waals surface area (Å²) in [4.78, 5) is 2.33. The summed E-state index contributed by atoms with van der Waals surface area (Å²) in [5.74, 6) is 1.08. The highest BCUT2D eigenvalue weighted by molar-refractivity contribution is 5.66. The molecule has 1 aromatic heterocycles. The molecule has 0 spiro atoms. The third-order valence-electron chi connectivity index (χ3n) is 2.75. The average Bonchev–Trinajstić information content (AvgIpc) is 2.54. The fourth-order valence-electron chi connectivity index (χ4n) is 2.09. The van der Waals surface area contributed by atoms with E-state index in [0.717, 1.165) is 49.6 Å². The van der Waals surface area contributed by atoms with Gasteiger partial charge >= 0.3 is 0 Å². The van der Waals surface area contributed by atoms with Crippen LogP contribution in [0.5, 0.6) is 0 Å². The van der Waals surface area contributed by atoms with Gasteiger partial charge in [0.2, 0.25) is 0 Å². The van der Waals surface area contributed by atoms with Gasteiger partial charge in [-0.05, 0) is 19.3 Å². The monoisotopic (exact) mass is 224 g/mol. The lowest BCUT2D eigenvalue weighted by Gasteiger charge is -2.24. The Morgan fingerprint density at radius 2 is 1.75 bits per heavy atom. The van der Waals surface area contributed by atoms with Crippen LogP contribution in [0.4, 0.5) is 11.5 Å². The van der Waals surface area contributed by atoms with Gasteiger partial charge in [0.05, 0.1) is 11.4 Å². The molecule has 0 saturated heterocycles. The van der Waals surface area contributed by atoms with Gasteiger partial charge in [0.25, 0.3) is 0 Å². The van der Waals surface area contributed by atoms with Crippen LogP contribution in [-0.4, -0.2) is 22.9 Å². The van der Waals surface area contributed by atoms with Crippen LogP contribution in [0, 0.1) is 0 Å². The largest absolute Gasteiger partial charge is 0.394 e. The minimum absolute atomic E-state index is 0.854. The summed E-state index contributed by atoms with van der Waals surface area (Å²) < 4.78 is 1.92. The molecule has 0 saturated carbocycles. The summed E-state index contributed by atoms with van der Waals surface area (Å²) in [6.45, 7) is 8.56. The number of aryl methyl sites for hydroxylation is 2. The van der Waals surface area contributed by atoms with Gasteiger partial charge < -0.3 is 10.6 Å². The van der Waals surface area contributed by atoms with Crippen LogP contribution in [0.2, 0.25) is 0 Å². The van der Waals surface area contributed by atoms with Crippen LogP contribution < -0.4 is 10.6 Å². The smallest absolute Gasteiger partial charge is 0.150 e. The first kappa shape index (κ1) is 12.9. The predicted octanol–water partition coefficient (Wildman–Crippen LogP) is 2.19. The number of hydrogen-bond donors (Lipinski definition) is 1. The van der Waals surface area contributed by atoms with Gasteiger partial charge in [-0.15, -0.1) is 0 Å². The highest BCUT2D eigenvalue weighted by atomic mass is 15.4. The third kappa shape index (κ3) is 2.49. The molecule has 1 heterocycles. The summed E-state index contributed by atoms with van der Waals surface area (Å²) in [7, 11) is 1.98. The highest BCUT2D eigenvalue weighted by Crippen LogP contribution is 2.26. The number of nitrogen functional groups attached to an aromatic ring is 1. The molecule has 0 unspecified atom stereocenters. The Hall–Kier alpha value is -1.19. The summed E-state index contributed by atoms with van der Waals surface area (Å²) in [5, 5.41) is 4.46. The van der Waals surface area contributed by atoms with Gasteiger partial charge in [-0.2, -0.15) is 5.10 Å². The maximum Gasteiger partial charge on any atom is 0.150 e. The van der Waals surface area contributed by atoms with Crippen molar-refractivity contribution in [2.45, 2.75) is 40.0 Å². The molecule has 0 aromatic carbocycles. The van der Waals surface area contributed by atoms with Crippen LogP contribution >= 0.6 is 0 Å². The molecule has 0 radical (unpaired) electrons. The molecular weight excluding hydrogens is 200 g/mol. The molecule has 0 aliphatic heterocycles. The van der Waals surface area contributed by atoms with Crippen molar-refractivity contribution in [3.8, 4) is 0 Å². The second-order valence-corrected chi connectivity index (χ2v) is 4.15. The van der Waals surface area contributed by atoms with Gasteiger partial charge in [0, 0.05) is 20.1 Å². The molecule has 0 atom stereocenters. The summed E-state index contributed by atoms with van der Waals surface area (Å²) >= 11 is 0. The Morgan fingerprint density at radius 1 is 1.19 bits per heavy atom. The maximum absolute atomic E-state index is 6.15. The Kier molecular flexibility index (Phi) is 4.65. The molecule has 4 heteroatoms. The van der Waals surface area contributed by atoms with Gasteiger partial charge in [-0.3, -0.25) is 4.68 Å². The quantitative estimate of drug-likeness (QED) is 0.805. The molecule has 1 aromatic rings. The summed E-state index contributed by atoms with van der Waals surface area (Å²) in [5.41, 5.74) is 8.01. The lowest BCUT2D eigenvalue weighted by Crippen LogP contribution is -2.27. The molecule has 16 heavy (non-hydrogen) atoms. The van der Waals surface area contributed by atoms with Crippen LogP contribution in [0.15, 0.2) is 0 Å². The van der Waals surface area contributed by atoms with Gasteiger partial charge in [-0.25, -0.2) is 0 Å². The first-order valence-corrected chi connectivity index (χ1v) is 6.21. The van der Waals surface area contributed by atoms with E-state index in [1.807, 2.05) is 11.7 Å².